The fraction of sp³-hybridized carbons (Fsp3) is 0.727. The van der Waals surface area contributed by atoms with Crippen LogP contribution in [-0.4, -0.2) is 33.3 Å². The van der Waals surface area contributed by atoms with E-state index in [1.54, 1.807) is 6.33 Å². The fourth-order valence-corrected chi connectivity index (χ4v) is 1.26. The second kappa shape index (κ2) is 6.34. The highest BCUT2D eigenvalue weighted by Gasteiger charge is 2.13. The van der Waals surface area contributed by atoms with E-state index in [1.165, 1.54) is 0 Å². The van der Waals surface area contributed by atoms with Crippen LogP contribution in [0.1, 0.15) is 26.6 Å². The van der Waals surface area contributed by atoms with E-state index in [0.717, 1.165) is 5.82 Å². The summed E-state index contributed by atoms with van der Waals surface area (Å²) >= 11 is 0. The first kappa shape index (κ1) is 13.6. The van der Waals surface area contributed by atoms with Crippen LogP contribution in [0, 0.1) is 5.92 Å². The minimum absolute atomic E-state index is 0.0147. The van der Waals surface area contributed by atoms with Crippen molar-refractivity contribution in [3.63, 3.8) is 0 Å². The summed E-state index contributed by atoms with van der Waals surface area (Å²) in [6.07, 6.45) is 1.64. The Morgan fingerprint density at radius 2 is 2.18 bits per heavy atom. The number of amides is 1. The number of nitrogens with one attached hydrogen (secondary N) is 2. The topological polar surface area (TPSA) is 71.8 Å². The van der Waals surface area contributed by atoms with Crippen molar-refractivity contribution >= 4 is 5.91 Å². The number of nitrogens with zero attached hydrogens (tertiary/aromatic N) is 3. The van der Waals surface area contributed by atoms with Crippen molar-refractivity contribution in [1.29, 1.82) is 0 Å². The molecule has 1 atom stereocenters. The van der Waals surface area contributed by atoms with Crippen molar-refractivity contribution in [2.45, 2.75) is 33.4 Å². The Bertz CT molecular complexity index is 360. The van der Waals surface area contributed by atoms with Gasteiger partial charge in [-0.25, -0.2) is 0 Å². The maximum absolute atomic E-state index is 11.7. The third-order valence-electron chi connectivity index (χ3n) is 2.45. The summed E-state index contributed by atoms with van der Waals surface area (Å²) in [4.78, 5) is 11.7. The largest absolute Gasteiger partial charge is 0.354 e. The van der Waals surface area contributed by atoms with E-state index in [-0.39, 0.29) is 11.9 Å². The first-order chi connectivity index (χ1) is 8.00. The minimum atomic E-state index is -0.231. The molecule has 0 aromatic carbocycles. The molecule has 0 saturated carbocycles. The van der Waals surface area contributed by atoms with Gasteiger partial charge in [0.25, 0.3) is 0 Å². The van der Waals surface area contributed by atoms with Crippen LogP contribution in [0.4, 0.5) is 0 Å². The summed E-state index contributed by atoms with van der Waals surface area (Å²) in [5.41, 5.74) is 0. The predicted octanol–water partition coefficient (Wildman–Crippen LogP) is 0.0654. The number of carbonyl (C=O) groups excluding carboxylic acids is 1. The Kier molecular flexibility index (Phi) is 5.09. The van der Waals surface area contributed by atoms with Crippen molar-refractivity contribution in [3.8, 4) is 0 Å². The Labute approximate surface area is 102 Å². The van der Waals surface area contributed by atoms with Crippen LogP contribution in [-0.2, 0) is 18.4 Å². The van der Waals surface area contributed by atoms with Gasteiger partial charge in [-0.3, -0.25) is 10.1 Å². The third-order valence-corrected chi connectivity index (χ3v) is 2.45. The first-order valence-corrected chi connectivity index (χ1v) is 5.84. The lowest BCUT2D eigenvalue weighted by molar-refractivity contribution is -0.122. The van der Waals surface area contributed by atoms with Crippen LogP contribution in [0.3, 0.4) is 0 Å². The molecule has 1 amide bonds. The van der Waals surface area contributed by atoms with Crippen LogP contribution in [0.5, 0.6) is 0 Å². The molecule has 0 bridgehead atoms. The summed E-state index contributed by atoms with van der Waals surface area (Å²) in [6.45, 7) is 7.21. The summed E-state index contributed by atoms with van der Waals surface area (Å²) in [5.74, 6) is 1.29. The van der Waals surface area contributed by atoms with Crippen LogP contribution in [0.25, 0.3) is 0 Å². The number of aryl methyl sites for hydroxylation is 1. The van der Waals surface area contributed by atoms with E-state index in [9.17, 15) is 4.79 Å². The Hall–Kier alpha value is -1.43. The van der Waals surface area contributed by atoms with Gasteiger partial charge in [0.15, 0.2) is 0 Å². The number of hydrogen-bond acceptors (Lipinski definition) is 4. The zero-order chi connectivity index (χ0) is 12.8. The Balaban J connectivity index is 2.31. The average molecular weight is 239 g/mol. The van der Waals surface area contributed by atoms with E-state index in [4.69, 9.17) is 0 Å². The monoisotopic (exact) mass is 239 g/mol. The molecule has 0 saturated heterocycles. The first-order valence-electron chi connectivity index (χ1n) is 5.84. The lowest BCUT2D eigenvalue weighted by Gasteiger charge is -2.14. The molecule has 0 aliphatic carbocycles. The number of carbonyl (C=O) groups is 1. The van der Waals surface area contributed by atoms with Gasteiger partial charge in [0, 0.05) is 13.6 Å². The van der Waals surface area contributed by atoms with Gasteiger partial charge >= 0.3 is 0 Å². The van der Waals surface area contributed by atoms with Crippen LogP contribution in [0.15, 0.2) is 6.33 Å². The molecule has 96 valence electrons. The number of aromatic nitrogens is 3. The van der Waals surface area contributed by atoms with Crippen molar-refractivity contribution < 1.29 is 4.79 Å². The molecule has 0 aliphatic heterocycles. The molecule has 2 N–H and O–H groups in total. The molecule has 6 nitrogen and oxygen atoms in total. The number of hydrogen-bond donors (Lipinski definition) is 2. The molecule has 6 heteroatoms. The smallest absolute Gasteiger partial charge is 0.236 e. The van der Waals surface area contributed by atoms with Crippen LogP contribution in [0.2, 0.25) is 0 Å². The maximum atomic E-state index is 11.7. The molecular formula is C11H21N5O. The Morgan fingerprint density at radius 1 is 1.47 bits per heavy atom. The molecule has 0 spiro atoms. The molecule has 0 aliphatic rings. The van der Waals surface area contributed by atoms with Gasteiger partial charge in [-0.2, -0.15) is 0 Å². The zero-order valence-electron chi connectivity index (χ0n) is 10.9. The molecular weight excluding hydrogens is 218 g/mol. The zero-order valence-corrected chi connectivity index (χ0v) is 10.9. The molecule has 0 radical (unpaired) electrons. The fourth-order valence-electron chi connectivity index (χ4n) is 1.26. The summed E-state index contributed by atoms with van der Waals surface area (Å²) < 4.78 is 1.83. The van der Waals surface area contributed by atoms with Gasteiger partial charge in [0.2, 0.25) is 5.91 Å². The quantitative estimate of drug-likeness (QED) is 0.736. The highest BCUT2D eigenvalue weighted by atomic mass is 16.2. The standard InChI is InChI=1S/C11H21N5O/c1-8(2)5-13-11(17)9(3)12-6-10-15-14-7-16(10)4/h7-9,12H,5-6H2,1-4H3,(H,13,17). The molecule has 0 fully saturated rings. The minimum Gasteiger partial charge on any atom is -0.354 e. The molecule has 1 aromatic rings. The second-order valence-corrected chi connectivity index (χ2v) is 4.60. The van der Waals surface area contributed by atoms with Crippen molar-refractivity contribution in [2.24, 2.45) is 13.0 Å². The van der Waals surface area contributed by atoms with Crippen LogP contribution < -0.4 is 10.6 Å². The molecule has 17 heavy (non-hydrogen) atoms. The number of rotatable bonds is 6. The molecule has 1 unspecified atom stereocenters. The van der Waals surface area contributed by atoms with E-state index >= 15 is 0 Å². The van der Waals surface area contributed by atoms with Crippen molar-refractivity contribution in [1.82, 2.24) is 25.4 Å². The predicted molar refractivity (Wildman–Crippen MR) is 65.2 cm³/mol. The maximum Gasteiger partial charge on any atom is 0.236 e. The van der Waals surface area contributed by atoms with E-state index in [2.05, 4.69) is 34.7 Å². The summed E-state index contributed by atoms with van der Waals surface area (Å²) in [6, 6.07) is -0.231. The molecule has 1 rings (SSSR count). The lowest BCUT2D eigenvalue weighted by atomic mass is 10.2. The summed E-state index contributed by atoms with van der Waals surface area (Å²) in [7, 11) is 1.88. The normalized spacial score (nSPS) is 12.8. The average Bonchev–Trinajstić information content (AvgIpc) is 2.68. The van der Waals surface area contributed by atoms with Gasteiger partial charge in [0.05, 0.1) is 12.6 Å². The third kappa shape index (κ3) is 4.52. The van der Waals surface area contributed by atoms with Gasteiger partial charge in [-0.1, -0.05) is 13.8 Å². The molecule has 1 heterocycles. The second-order valence-electron chi connectivity index (χ2n) is 4.60. The highest BCUT2D eigenvalue weighted by molar-refractivity contribution is 5.81. The van der Waals surface area contributed by atoms with Crippen LogP contribution >= 0.6 is 0 Å². The summed E-state index contributed by atoms with van der Waals surface area (Å²) in [5, 5.41) is 13.7. The van der Waals surface area contributed by atoms with Gasteiger partial charge in [0.1, 0.15) is 12.2 Å². The van der Waals surface area contributed by atoms with Gasteiger partial charge in [-0.15, -0.1) is 10.2 Å². The SMILES string of the molecule is CC(C)CNC(=O)C(C)NCc1nncn1C. The van der Waals surface area contributed by atoms with Gasteiger partial charge < -0.3 is 9.88 Å². The lowest BCUT2D eigenvalue weighted by Crippen LogP contribution is -2.43. The highest BCUT2D eigenvalue weighted by Crippen LogP contribution is 1.93. The molecule has 1 aromatic heterocycles. The Morgan fingerprint density at radius 3 is 2.71 bits per heavy atom. The van der Waals surface area contributed by atoms with Crippen molar-refractivity contribution in [3.05, 3.63) is 12.2 Å². The van der Waals surface area contributed by atoms with E-state index in [1.807, 2.05) is 18.5 Å². The van der Waals surface area contributed by atoms with E-state index in [0.29, 0.717) is 19.0 Å². The van der Waals surface area contributed by atoms with E-state index < -0.39 is 0 Å². The van der Waals surface area contributed by atoms with Crippen molar-refractivity contribution in [2.75, 3.05) is 6.54 Å². The van der Waals surface area contributed by atoms with Gasteiger partial charge in [-0.05, 0) is 12.8 Å².